The number of hydrogen-bond donors (Lipinski definition) is 1. The maximum atomic E-state index is 13.0. The zero-order valence-corrected chi connectivity index (χ0v) is 11.3. The zero-order chi connectivity index (χ0) is 13.9. The Hall–Kier alpha value is -1.12. The van der Waals surface area contributed by atoms with Crippen molar-refractivity contribution in [3.63, 3.8) is 0 Å². The van der Waals surface area contributed by atoms with Gasteiger partial charge in [-0.3, -0.25) is 0 Å². The summed E-state index contributed by atoms with van der Waals surface area (Å²) in [5.41, 5.74) is 6.77. The molecule has 102 valence electrons. The first-order valence-electron chi connectivity index (χ1n) is 5.35. The molecular formula is C11H10F3N3S2. The molecule has 3 nitrogen and oxygen atoms in total. The summed E-state index contributed by atoms with van der Waals surface area (Å²) < 4.78 is 39.5. The van der Waals surface area contributed by atoms with Gasteiger partial charge in [-0.15, -0.1) is 10.2 Å². The Morgan fingerprint density at radius 2 is 2.11 bits per heavy atom. The molecule has 1 aromatic carbocycles. The van der Waals surface area contributed by atoms with Crippen LogP contribution in [0.15, 0.2) is 32.9 Å². The fraction of sp³-hybridized carbons (Fsp3) is 0.273. The summed E-state index contributed by atoms with van der Waals surface area (Å²) in [5.74, 6) is 0. The predicted octanol–water partition coefficient (Wildman–Crippen LogP) is 3.21. The second-order valence-corrected chi connectivity index (χ2v) is 5.80. The molecular weight excluding hydrogens is 295 g/mol. The van der Waals surface area contributed by atoms with Crippen molar-refractivity contribution >= 4 is 23.1 Å². The number of benzene rings is 1. The van der Waals surface area contributed by atoms with E-state index >= 15 is 0 Å². The number of rotatable bonds is 4. The first kappa shape index (κ1) is 14.3. The topological polar surface area (TPSA) is 51.8 Å². The van der Waals surface area contributed by atoms with Crippen molar-refractivity contribution in [1.82, 2.24) is 10.2 Å². The van der Waals surface area contributed by atoms with Gasteiger partial charge in [0.25, 0.3) is 0 Å². The van der Waals surface area contributed by atoms with Gasteiger partial charge in [0, 0.05) is 4.90 Å². The minimum Gasteiger partial charge on any atom is -0.330 e. The smallest absolute Gasteiger partial charge is 0.330 e. The quantitative estimate of drug-likeness (QED) is 0.942. The van der Waals surface area contributed by atoms with Crippen LogP contribution in [0.5, 0.6) is 0 Å². The lowest BCUT2D eigenvalue weighted by Gasteiger charge is -2.13. The van der Waals surface area contributed by atoms with Crippen LogP contribution in [-0.4, -0.2) is 16.7 Å². The Labute approximate surface area is 116 Å². The fourth-order valence-electron chi connectivity index (χ4n) is 1.51. The molecule has 1 heterocycles. The van der Waals surface area contributed by atoms with Crippen LogP contribution >= 0.6 is 23.1 Å². The molecule has 0 unspecified atom stereocenters. The molecule has 0 spiro atoms. The van der Waals surface area contributed by atoms with Crippen LogP contribution in [0.3, 0.4) is 0 Å². The summed E-state index contributed by atoms with van der Waals surface area (Å²) >= 11 is 2.17. The van der Waals surface area contributed by atoms with Gasteiger partial charge < -0.3 is 5.73 Å². The van der Waals surface area contributed by atoms with E-state index < -0.39 is 11.7 Å². The van der Waals surface area contributed by atoms with Crippen molar-refractivity contribution in [1.29, 1.82) is 0 Å². The Morgan fingerprint density at radius 1 is 1.32 bits per heavy atom. The lowest BCUT2D eigenvalue weighted by molar-refractivity contribution is -0.139. The second-order valence-electron chi connectivity index (χ2n) is 3.67. The average Bonchev–Trinajstić information content (AvgIpc) is 2.83. The lowest BCUT2D eigenvalue weighted by atomic mass is 10.1. The average molecular weight is 305 g/mol. The van der Waals surface area contributed by atoms with Crippen LogP contribution in [0, 0.1) is 0 Å². The van der Waals surface area contributed by atoms with E-state index in [0.717, 1.165) is 17.8 Å². The van der Waals surface area contributed by atoms with E-state index in [0.29, 0.717) is 22.9 Å². The van der Waals surface area contributed by atoms with Gasteiger partial charge in [0.2, 0.25) is 0 Å². The van der Waals surface area contributed by atoms with E-state index in [-0.39, 0.29) is 4.90 Å². The van der Waals surface area contributed by atoms with Gasteiger partial charge in [-0.25, -0.2) is 0 Å². The molecule has 0 aliphatic rings. The minimum absolute atomic E-state index is 0.130. The first-order valence-corrected chi connectivity index (χ1v) is 7.04. The Kier molecular flexibility index (Phi) is 4.43. The number of hydrogen-bond acceptors (Lipinski definition) is 5. The maximum absolute atomic E-state index is 13.0. The molecule has 0 aliphatic heterocycles. The third-order valence-corrected chi connectivity index (χ3v) is 4.17. The van der Waals surface area contributed by atoms with Crippen LogP contribution in [0.1, 0.15) is 11.1 Å². The highest BCUT2D eigenvalue weighted by Crippen LogP contribution is 2.40. The maximum Gasteiger partial charge on any atom is 0.417 e. The van der Waals surface area contributed by atoms with Gasteiger partial charge in [0.15, 0.2) is 4.34 Å². The summed E-state index contributed by atoms with van der Waals surface area (Å²) in [6, 6.07) is 4.27. The van der Waals surface area contributed by atoms with Crippen LogP contribution in [0.2, 0.25) is 0 Å². The molecule has 0 aliphatic carbocycles. The molecule has 0 saturated carbocycles. The SMILES string of the molecule is NCCc1ccc(Sc2nncs2)c(C(F)(F)F)c1. The molecule has 0 amide bonds. The predicted molar refractivity (Wildman–Crippen MR) is 68.2 cm³/mol. The molecule has 0 atom stereocenters. The van der Waals surface area contributed by atoms with Gasteiger partial charge in [0.1, 0.15) is 5.51 Å². The van der Waals surface area contributed by atoms with Crippen molar-refractivity contribution in [3.05, 3.63) is 34.8 Å². The van der Waals surface area contributed by atoms with Crippen molar-refractivity contribution in [2.75, 3.05) is 6.54 Å². The molecule has 2 N–H and O–H groups in total. The molecule has 8 heteroatoms. The highest BCUT2D eigenvalue weighted by atomic mass is 32.2. The van der Waals surface area contributed by atoms with Gasteiger partial charge in [-0.1, -0.05) is 29.2 Å². The fourth-order valence-corrected chi connectivity index (χ4v) is 3.08. The van der Waals surface area contributed by atoms with Crippen LogP contribution in [0.4, 0.5) is 13.2 Å². The molecule has 19 heavy (non-hydrogen) atoms. The van der Waals surface area contributed by atoms with E-state index in [1.807, 2.05) is 0 Å². The van der Waals surface area contributed by atoms with Gasteiger partial charge in [-0.05, 0) is 30.7 Å². The molecule has 2 rings (SSSR count). The van der Waals surface area contributed by atoms with Crippen molar-refractivity contribution < 1.29 is 13.2 Å². The molecule has 2 aromatic rings. The summed E-state index contributed by atoms with van der Waals surface area (Å²) in [5, 5.41) is 7.34. The minimum atomic E-state index is -4.39. The van der Waals surface area contributed by atoms with Crippen molar-refractivity contribution in [2.24, 2.45) is 5.73 Å². The monoisotopic (exact) mass is 305 g/mol. The van der Waals surface area contributed by atoms with E-state index in [1.165, 1.54) is 22.9 Å². The zero-order valence-electron chi connectivity index (χ0n) is 9.65. The van der Waals surface area contributed by atoms with Crippen LogP contribution < -0.4 is 5.73 Å². The Morgan fingerprint density at radius 3 is 2.68 bits per heavy atom. The number of nitrogens with two attached hydrogens (primary N) is 1. The summed E-state index contributed by atoms with van der Waals surface area (Å²) in [4.78, 5) is 0.130. The summed E-state index contributed by atoms with van der Waals surface area (Å²) in [6.45, 7) is 0.320. The molecule has 0 fully saturated rings. The largest absolute Gasteiger partial charge is 0.417 e. The Bertz CT molecular complexity index is 541. The highest BCUT2D eigenvalue weighted by Gasteiger charge is 2.34. The summed E-state index contributed by atoms with van der Waals surface area (Å²) in [7, 11) is 0. The van der Waals surface area contributed by atoms with E-state index in [1.54, 1.807) is 6.07 Å². The number of aromatic nitrogens is 2. The molecule has 0 radical (unpaired) electrons. The number of halogens is 3. The van der Waals surface area contributed by atoms with Gasteiger partial charge >= 0.3 is 6.18 Å². The third-order valence-electron chi connectivity index (χ3n) is 2.32. The number of alkyl halides is 3. The lowest BCUT2D eigenvalue weighted by Crippen LogP contribution is -2.09. The molecule has 0 saturated heterocycles. The van der Waals surface area contributed by atoms with Crippen molar-refractivity contribution in [3.8, 4) is 0 Å². The van der Waals surface area contributed by atoms with Gasteiger partial charge in [0.05, 0.1) is 5.56 Å². The Balaban J connectivity index is 2.36. The van der Waals surface area contributed by atoms with Crippen LogP contribution in [0.25, 0.3) is 0 Å². The standard InChI is InChI=1S/C11H10F3N3S2/c12-11(13,14)8-5-7(3-4-15)1-2-9(8)19-10-17-16-6-18-10/h1-2,5-6H,3-4,15H2. The van der Waals surface area contributed by atoms with E-state index in [4.69, 9.17) is 5.73 Å². The van der Waals surface area contributed by atoms with Gasteiger partial charge in [-0.2, -0.15) is 13.2 Å². The van der Waals surface area contributed by atoms with E-state index in [9.17, 15) is 13.2 Å². The molecule has 0 bridgehead atoms. The number of nitrogens with zero attached hydrogens (tertiary/aromatic N) is 2. The second kappa shape index (κ2) is 5.89. The normalized spacial score (nSPS) is 11.8. The van der Waals surface area contributed by atoms with Crippen molar-refractivity contribution in [2.45, 2.75) is 21.8 Å². The van der Waals surface area contributed by atoms with Crippen LogP contribution in [-0.2, 0) is 12.6 Å². The summed E-state index contributed by atoms with van der Waals surface area (Å²) in [6.07, 6.45) is -3.97. The van der Waals surface area contributed by atoms with E-state index in [2.05, 4.69) is 10.2 Å². The molecule has 1 aromatic heterocycles. The third kappa shape index (κ3) is 3.68. The first-order chi connectivity index (χ1) is 9.00. The highest BCUT2D eigenvalue weighted by molar-refractivity contribution is 8.01.